The number of benzene rings is 1. The molecule has 0 aromatic heterocycles. The molecule has 1 saturated heterocycles. The molecule has 1 aliphatic heterocycles. The van der Waals surface area contributed by atoms with Crippen LogP contribution in [0.25, 0.3) is 0 Å². The third-order valence-corrected chi connectivity index (χ3v) is 6.92. The Kier molecular flexibility index (Phi) is 5.40. The number of halogens is 3. The van der Waals surface area contributed by atoms with Crippen LogP contribution >= 0.6 is 39.1 Å². The van der Waals surface area contributed by atoms with Crippen molar-refractivity contribution in [2.45, 2.75) is 43.5 Å². The van der Waals surface area contributed by atoms with Gasteiger partial charge in [-0.15, -0.1) is 0 Å². The predicted octanol–water partition coefficient (Wildman–Crippen LogP) is 4.71. The summed E-state index contributed by atoms with van der Waals surface area (Å²) in [4.78, 5) is 0.0118. The number of hydrogen-bond donors (Lipinski definition) is 0. The minimum absolute atomic E-state index is 0.0118. The second kappa shape index (κ2) is 6.53. The molecule has 1 heterocycles. The van der Waals surface area contributed by atoms with Gasteiger partial charge < -0.3 is 0 Å². The van der Waals surface area contributed by atoms with Crippen LogP contribution in [0.1, 0.15) is 32.6 Å². The van der Waals surface area contributed by atoms with Crippen molar-refractivity contribution in [1.29, 1.82) is 0 Å². The molecule has 0 saturated carbocycles. The quantitative estimate of drug-likeness (QED) is 0.720. The van der Waals surface area contributed by atoms with Crippen LogP contribution in [0.4, 0.5) is 0 Å². The molecule has 1 atom stereocenters. The highest BCUT2D eigenvalue weighted by atomic mass is 79.9. The van der Waals surface area contributed by atoms with E-state index < -0.39 is 10.0 Å². The molecule has 1 fully saturated rings. The largest absolute Gasteiger partial charge is 0.246 e. The van der Waals surface area contributed by atoms with Crippen LogP contribution in [0.2, 0.25) is 10.0 Å². The molecular formula is C13H16BrCl2NO2S. The maximum Gasteiger partial charge on any atom is 0.246 e. The number of nitrogens with zero attached hydrogens (tertiary/aromatic N) is 1. The fraction of sp³-hybridized carbons (Fsp3) is 0.538. The molecule has 0 radical (unpaired) electrons. The lowest BCUT2D eigenvalue weighted by Crippen LogP contribution is -2.38. The average Bonchev–Trinajstić information content (AvgIpc) is 2.52. The van der Waals surface area contributed by atoms with Gasteiger partial charge in [-0.05, 0) is 31.9 Å². The van der Waals surface area contributed by atoms with Crippen LogP contribution in [0.3, 0.4) is 0 Å². The van der Waals surface area contributed by atoms with Crippen molar-refractivity contribution in [3.8, 4) is 0 Å². The molecule has 3 nitrogen and oxygen atoms in total. The third kappa shape index (κ3) is 3.33. The summed E-state index contributed by atoms with van der Waals surface area (Å²) in [5.41, 5.74) is 0. The molecule has 1 aromatic rings. The summed E-state index contributed by atoms with van der Waals surface area (Å²) in [6.07, 6.45) is 3.84. The lowest BCUT2D eigenvalue weighted by Gasteiger charge is -2.27. The Morgan fingerprint density at radius 1 is 1.20 bits per heavy atom. The van der Waals surface area contributed by atoms with Gasteiger partial charge in [0.05, 0.1) is 10.0 Å². The van der Waals surface area contributed by atoms with Gasteiger partial charge in [0.25, 0.3) is 0 Å². The zero-order valence-corrected chi connectivity index (χ0v) is 15.0. The number of rotatable bonds is 2. The standard InChI is InChI=1S/C13H16BrCl2NO2S/c1-9-5-3-2-4-6-17(9)20(18,19)13-11(15)7-10(14)8-12(13)16/h7-9H,2-6H2,1H3. The van der Waals surface area contributed by atoms with E-state index in [4.69, 9.17) is 23.2 Å². The minimum Gasteiger partial charge on any atom is -0.207 e. The van der Waals surface area contributed by atoms with Gasteiger partial charge in [-0.1, -0.05) is 52.0 Å². The van der Waals surface area contributed by atoms with Gasteiger partial charge in [0, 0.05) is 17.1 Å². The molecule has 7 heteroatoms. The first kappa shape index (κ1) is 16.6. The Morgan fingerprint density at radius 3 is 2.40 bits per heavy atom. The third-order valence-electron chi connectivity index (χ3n) is 3.52. The van der Waals surface area contributed by atoms with E-state index >= 15 is 0 Å². The number of sulfonamides is 1. The van der Waals surface area contributed by atoms with Crippen LogP contribution in [0, 0.1) is 0 Å². The molecule has 20 heavy (non-hydrogen) atoms. The Bertz CT molecular complexity index is 583. The maximum absolute atomic E-state index is 12.8. The summed E-state index contributed by atoms with van der Waals surface area (Å²) in [5, 5.41) is 0.307. The smallest absolute Gasteiger partial charge is 0.207 e. The summed E-state index contributed by atoms with van der Waals surface area (Å²) in [7, 11) is -3.66. The van der Waals surface area contributed by atoms with Crippen LogP contribution in [0.5, 0.6) is 0 Å². The highest BCUT2D eigenvalue weighted by Crippen LogP contribution is 2.36. The van der Waals surface area contributed by atoms with Gasteiger partial charge in [-0.25, -0.2) is 8.42 Å². The first-order chi connectivity index (χ1) is 9.34. The molecule has 0 spiro atoms. The molecule has 0 amide bonds. The van der Waals surface area contributed by atoms with Gasteiger partial charge in [-0.2, -0.15) is 4.31 Å². The molecule has 2 rings (SSSR count). The molecule has 1 aromatic carbocycles. The fourth-order valence-electron chi connectivity index (χ4n) is 2.50. The van der Waals surface area contributed by atoms with E-state index in [0.717, 1.165) is 25.7 Å². The van der Waals surface area contributed by atoms with Gasteiger partial charge in [0.1, 0.15) is 4.90 Å². The van der Waals surface area contributed by atoms with Crippen LogP contribution in [-0.4, -0.2) is 25.3 Å². The van der Waals surface area contributed by atoms with Crippen molar-refractivity contribution in [2.24, 2.45) is 0 Å². The summed E-state index contributed by atoms with van der Waals surface area (Å²) < 4.78 is 27.9. The minimum atomic E-state index is -3.66. The number of hydrogen-bond acceptors (Lipinski definition) is 2. The summed E-state index contributed by atoms with van der Waals surface area (Å²) in [6, 6.07) is 3.09. The molecule has 0 aliphatic carbocycles. The van der Waals surface area contributed by atoms with Gasteiger partial charge in [0.2, 0.25) is 10.0 Å². The Labute approximate surface area is 138 Å². The Morgan fingerprint density at radius 2 is 1.80 bits per heavy atom. The van der Waals surface area contributed by atoms with E-state index in [-0.39, 0.29) is 21.0 Å². The average molecular weight is 401 g/mol. The maximum atomic E-state index is 12.8. The lowest BCUT2D eigenvalue weighted by atomic mass is 10.1. The normalized spacial score (nSPS) is 21.7. The first-order valence-electron chi connectivity index (χ1n) is 6.50. The lowest BCUT2D eigenvalue weighted by molar-refractivity contribution is 0.342. The monoisotopic (exact) mass is 399 g/mol. The molecule has 1 aliphatic rings. The Hall–Kier alpha value is 0.190. The van der Waals surface area contributed by atoms with Crippen LogP contribution < -0.4 is 0 Å². The zero-order chi connectivity index (χ0) is 14.9. The summed E-state index contributed by atoms with van der Waals surface area (Å²) >= 11 is 15.5. The fourth-order valence-corrected chi connectivity index (χ4v) is 6.09. The van der Waals surface area contributed by atoms with Crippen LogP contribution in [-0.2, 0) is 10.0 Å². The van der Waals surface area contributed by atoms with E-state index in [0.29, 0.717) is 11.0 Å². The molecular weight excluding hydrogens is 385 g/mol. The molecule has 112 valence electrons. The van der Waals surface area contributed by atoms with Crippen molar-refractivity contribution in [2.75, 3.05) is 6.54 Å². The van der Waals surface area contributed by atoms with E-state index in [1.165, 1.54) is 4.31 Å². The first-order valence-corrected chi connectivity index (χ1v) is 9.49. The van der Waals surface area contributed by atoms with Crippen molar-refractivity contribution in [3.63, 3.8) is 0 Å². The van der Waals surface area contributed by atoms with Gasteiger partial charge >= 0.3 is 0 Å². The SMILES string of the molecule is CC1CCCCCN1S(=O)(=O)c1c(Cl)cc(Br)cc1Cl. The van der Waals surface area contributed by atoms with E-state index in [9.17, 15) is 8.42 Å². The van der Waals surface area contributed by atoms with E-state index in [1.54, 1.807) is 12.1 Å². The zero-order valence-electron chi connectivity index (χ0n) is 11.1. The van der Waals surface area contributed by atoms with Gasteiger partial charge in [-0.3, -0.25) is 0 Å². The summed E-state index contributed by atoms with van der Waals surface area (Å²) in [6.45, 7) is 2.45. The van der Waals surface area contributed by atoms with Gasteiger partial charge in [0.15, 0.2) is 0 Å². The second-order valence-electron chi connectivity index (χ2n) is 5.01. The molecule has 1 unspecified atom stereocenters. The molecule has 0 N–H and O–H groups in total. The van der Waals surface area contributed by atoms with E-state index in [2.05, 4.69) is 15.9 Å². The van der Waals surface area contributed by atoms with Crippen molar-refractivity contribution >= 4 is 49.2 Å². The topological polar surface area (TPSA) is 37.4 Å². The highest BCUT2D eigenvalue weighted by molar-refractivity contribution is 9.10. The van der Waals surface area contributed by atoms with Crippen molar-refractivity contribution < 1.29 is 8.42 Å². The van der Waals surface area contributed by atoms with E-state index in [1.807, 2.05) is 6.92 Å². The van der Waals surface area contributed by atoms with Crippen LogP contribution in [0.15, 0.2) is 21.5 Å². The second-order valence-corrected chi connectivity index (χ2v) is 8.57. The Balaban J connectivity index is 2.49. The predicted molar refractivity (Wildman–Crippen MR) is 86.0 cm³/mol. The summed E-state index contributed by atoms with van der Waals surface area (Å²) in [5.74, 6) is 0. The van der Waals surface area contributed by atoms with Crippen molar-refractivity contribution in [3.05, 3.63) is 26.7 Å². The van der Waals surface area contributed by atoms with Crippen molar-refractivity contribution in [1.82, 2.24) is 4.31 Å². The highest BCUT2D eigenvalue weighted by Gasteiger charge is 2.33. The molecule has 0 bridgehead atoms.